The van der Waals surface area contributed by atoms with Gasteiger partial charge in [0.2, 0.25) is 0 Å². The molecule has 0 fully saturated rings. The molecule has 0 radical (unpaired) electrons. The van der Waals surface area contributed by atoms with E-state index in [0.29, 0.717) is 18.0 Å². The van der Waals surface area contributed by atoms with E-state index in [-0.39, 0.29) is 6.04 Å². The van der Waals surface area contributed by atoms with Gasteiger partial charge in [-0.05, 0) is 17.7 Å². The van der Waals surface area contributed by atoms with Crippen molar-refractivity contribution in [3.05, 3.63) is 42.0 Å². The zero-order valence-electron chi connectivity index (χ0n) is 12.2. The number of ether oxygens (including phenoxy) is 2. The number of nitrogens with two attached hydrogens (primary N) is 1. The van der Waals surface area contributed by atoms with Crippen molar-refractivity contribution in [1.29, 1.82) is 0 Å². The maximum absolute atomic E-state index is 6.28. The number of imidazole rings is 1. The fraction of sp³-hybridized carbons (Fsp3) is 0.400. The molecule has 20 heavy (non-hydrogen) atoms. The molecule has 1 heterocycles. The minimum atomic E-state index is -0.116. The molecule has 5 heteroatoms. The van der Waals surface area contributed by atoms with Crippen LogP contribution < -0.4 is 15.2 Å². The lowest BCUT2D eigenvalue weighted by molar-refractivity contribution is 0.354. The summed E-state index contributed by atoms with van der Waals surface area (Å²) in [5.74, 6) is 2.45. The Morgan fingerprint density at radius 1 is 1.25 bits per heavy atom. The molecule has 0 aliphatic heterocycles. The van der Waals surface area contributed by atoms with Crippen molar-refractivity contribution in [1.82, 2.24) is 9.55 Å². The van der Waals surface area contributed by atoms with E-state index < -0.39 is 0 Å². The molecule has 2 rings (SSSR count). The van der Waals surface area contributed by atoms with Crippen molar-refractivity contribution < 1.29 is 9.47 Å². The zero-order valence-corrected chi connectivity index (χ0v) is 12.2. The summed E-state index contributed by atoms with van der Waals surface area (Å²) in [5.41, 5.74) is 7.29. The van der Waals surface area contributed by atoms with Crippen molar-refractivity contribution in [2.45, 2.75) is 25.9 Å². The van der Waals surface area contributed by atoms with E-state index in [1.807, 2.05) is 24.4 Å². The van der Waals surface area contributed by atoms with Gasteiger partial charge in [0, 0.05) is 31.4 Å². The van der Waals surface area contributed by atoms with Crippen LogP contribution in [-0.2, 0) is 13.0 Å². The fourth-order valence-corrected chi connectivity index (χ4v) is 2.22. The van der Waals surface area contributed by atoms with Gasteiger partial charge in [-0.3, -0.25) is 0 Å². The maximum Gasteiger partial charge on any atom is 0.161 e. The second-order valence-corrected chi connectivity index (χ2v) is 4.57. The van der Waals surface area contributed by atoms with Crippen LogP contribution in [0.1, 0.15) is 24.4 Å². The molecule has 2 aromatic rings. The summed E-state index contributed by atoms with van der Waals surface area (Å²) in [4.78, 5) is 4.31. The summed E-state index contributed by atoms with van der Waals surface area (Å²) >= 11 is 0. The van der Waals surface area contributed by atoms with Crippen LogP contribution in [0.5, 0.6) is 11.5 Å². The van der Waals surface area contributed by atoms with Crippen LogP contribution in [0.15, 0.2) is 30.6 Å². The molecule has 0 aliphatic carbocycles. The van der Waals surface area contributed by atoms with Crippen LogP contribution in [0, 0.1) is 0 Å². The lowest BCUT2D eigenvalue weighted by Crippen LogP contribution is -2.18. The molecule has 108 valence electrons. The Kier molecular flexibility index (Phi) is 4.63. The van der Waals surface area contributed by atoms with Gasteiger partial charge in [0.1, 0.15) is 5.82 Å². The largest absolute Gasteiger partial charge is 0.493 e. The number of rotatable bonds is 6. The first-order chi connectivity index (χ1) is 9.69. The van der Waals surface area contributed by atoms with Gasteiger partial charge in [-0.2, -0.15) is 0 Å². The number of hydrogen-bond donors (Lipinski definition) is 1. The monoisotopic (exact) mass is 275 g/mol. The average molecular weight is 275 g/mol. The summed E-state index contributed by atoms with van der Waals surface area (Å²) in [6, 6.07) is 5.65. The van der Waals surface area contributed by atoms with Crippen LogP contribution in [0.2, 0.25) is 0 Å². The Bertz CT molecular complexity index is 566. The Hall–Kier alpha value is -2.01. The van der Waals surface area contributed by atoms with Gasteiger partial charge in [0.15, 0.2) is 11.5 Å². The Morgan fingerprint density at radius 2 is 2.00 bits per heavy atom. The molecule has 1 aromatic carbocycles. The fourth-order valence-electron chi connectivity index (χ4n) is 2.22. The van der Waals surface area contributed by atoms with E-state index in [9.17, 15) is 0 Å². The molecule has 1 aromatic heterocycles. The highest BCUT2D eigenvalue weighted by Crippen LogP contribution is 2.29. The van der Waals surface area contributed by atoms with Crippen molar-refractivity contribution in [3.8, 4) is 11.5 Å². The summed E-state index contributed by atoms with van der Waals surface area (Å²) in [7, 11) is 3.24. The molecule has 1 unspecified atom stereocenters. The number of benzene rings is 1. The molecule has 5 nitrogen and oxygen atoms in total. The lowest BCUT2D eigenvalue weighted by Gasteiger charge is -2.16. The van der Waals surface area contributed by atoms with Crippen LogP contribution in [-0.4, -0.2) is 23.8 Å². The number of methoxy groups -OCH3 is 2. The highest BCUT2D eigenvalue weighted by Gasteiger charge is 2.12. The number of nitrogens with zero attached hydrogens (tertiary/aromatic N) is 2. The third-order valence-electron chi connectivity index (χ3n) is 3.35. The first kappa shape index (κ1) is 14.4. The Balaban J connectivity index is 2.19. The highest BCUT2D eigenvalue weighted by atomic mass is 16.5. The van der Waals surface area contributed by atoms with Crippen molar-refractivity contribution >= 4 is 0 Å². The van der Waals surface area contributed by atoms with Crippen molar-refractivity contribution in [2.24, 2.45) is 5.73 Å². The van der Waals surface area contributed by atoms with Crippen molar-refractivity contribution in [2.75, 3.05) is 14.2 Å². The quantitative estimate of drug-likeness (QED) is 0.877. The molecule has 0 saturated heterocycles. The molecule has 0 bridgehead atoms. The second kappa shape index (κ2) is 6.43. The lowest BCUT2D eigenvalue weighted by atomic mass is 10.1. The topological polar surface area (TPSA) is 62.3 Å². The minimum absolute atomic E-state index is 0.116. The van der Waals surface area contributed by atoms with Gasteiger partial charge < -0.3 is 19.8 Å². The maximum atomic E-state index is 6.28. The van der Waals surface area contributed by atoms with Crippen LogP contribution in [0.3, 0.4) is 0 Å². The molecule has 0 saturated carbocycles. The highest BCUT2D eigenvalue weighted by molar-refractivity contribution is 5.43. The Morgan fingerprint density at radius 3 is 2.65 bits per heavy atom. The summed E-state index contributed by atoms with van der Waals surface area (Å²) in [6.07, 6.45) is 4.66. The summed E-state index contributed by atoms with van der Waals surface area (Å²) < 4.78 is 12.6. The first-order valence-corrected chi connectivity index (χ1v) is 6.67. The van der Waals surface area contributed by atoms with Gasteiger partial charge in [0.25, 0.3) is 0 Å². The first-order valence-electron chi connectivity index (χ1n) is 6.67. The molecule has 2 N–H and O–H groups in total. The van der Waals surface area contributed by atoms with Crippen molar-refractivity contribution in [3.63, 3.8) is 0 Å². The number of aromatic nitrogens is 2. The Labute approximate surface area is 119 Å². The van der Waals surface area contributed by atoms with Gasteiger partial charge in [-0.15, -0.1) is 0 Å². The molecule has 1 atom stereocenters. The average Bonchev–Trinajstić information content (AvgIpc) is 2.93. The zero-order chi connectivity index (χ0) is 14.5. The van der Waals surface area contributed by atoms with E-state index in [1.165, 1.54) is 0 Å². The third-order valence-corrected chi connectivity index (χ3v) is 3.35. The van der Waals surface area contributed by atoms with Crippen LogP contribution in [0.4, 0.5) is 0 Å². The predicted octanol–water partition coefficient (Wildman–Crippen LogP) is 2.16. The number of hydrogen-bond acceptors (Lipinski definition) is 4. The molecule has 0 aliphatic rings. The van der Waals surface area contributed by atoms with Gasteiger partial charge in [-0.25, -0.2) is 4.98 Å². The van der Waals surface area contributed by atoms with Crippen LogP contribution >= 0.6 is 0 Å². The smallest absolute Gasteiger partial charge is 0.161 e. The van der Waals surface area contributed by atoms with E-state index in [2.05, 4.69) is 16.5 Å². The molecular weight excluding hydrogens is 254 g/mol. The predicted molar refractivity (Wildman–Crippen MR) is 78.1 cm³/mol. The van der Waals surface area contributed by atoms with E-state index >= 15 is 0 Å². The summed E-state index contributed by atoms with van der Waals surface area (Å²) in [5, 5.41) is 0. The van der Waals surface area contributed by atoms with Gasteiger partial charge >= 0.3 is 0 Å². The molecular formula is C15H21N3O2. The normalized spacial score (nSPS) is 12.2. The van der Waals surface area contributed by atoms with Gasteiger partial charge in [-0.1, -0.05) is 13.0 Å². The van der Waals surface area contributed by atoms with E-state index in [0.717, 1.165) is 17.8 Å². The minimum Gasteiger partial charge on any atom is -0.493 e. The molecule has 0 spiro atoms. The molecule has 0 amide bonds. The second-order valence-electron chi connectivity index (χ2n) is 4.57. The number of aryl methyl sites for hydroxylation is 1. The third kappa shape index (κ3) is 2.93. The summed E-state index contributed by atoms with van der Waals surface area (Å²) in [6.45, 7) is 2.78. The van der Waals surface area contributed by atoms with Gasteiger partial charge in [0.05, 0.1) is 14.2 Å². The SMILES string of the molecule is CCc1nccn1CC(N)c1ccc(OC)c(OC)c1. The van der Waals surface area contributed by atoms with E-state index in [4.69, 9.17) is 15.2 Å². The standard InChI is InChI=1S/C15H21N3O2/c1-4-15-17-7-8-18(15)10-12(16)11-5-6-13(19-2)14(9-11)20-3/h5-9,12H,4,10,16H2,1-3H3. The van der Waals surface area contributed by atoms with Crippen LogP contribution in [0.25, 0.3) is 0 Å². The van der Waals surface area contributed by atoms with E-state index in [1.54, 1.807) is 20.4 Å².